The number of carbonyl (C=O) groups is 1. The maximum absolute atomic E-state index is 12.1. The zero-order valence-corrected chi connectivity index (χ0v) is 15.5. The molecule has 134 valence electrons. The highest BCUT2D eigenvalue weighted by Crippen LogP contribution is 2.23. The quantitative estimate of drug-likeness (QED) is 0.895. The summed E-state index contributed by atoms with van der Waals surface area (Å²) >= 11 is 6.22. The number of nitrogens with zero attached hydrogens (tertiary/aromatic N) is 3. The maximum atomic E-state index is 12.1. The molecule has 0 radical (unpaired) electrons. The molecule has 1 aromatic carbocycles. The van der Waals surface area contributed by atoms with Crippen LogP contribution in [0, 0.1) is 5.92 Å². The van der Waals surface area contributed by atoms with Crippen molar-refractivity contribution >= 4 is 34.5 Å². The van der Waals surface area contributed by atoms with E-state index in [4.69, 9.17) is 16.3 Å². The summed E-state index contributed by atoms with van der Waals surface area (Å²) in [5.41, 5.74) is 1.10. The molecule has 3 rings (SSSR count). The van der Waals surface area contributed by atoms with E-state index >= 15 is 0 Å². The Hall–Kier alpha value is -2.08. The second-order valence-electron chi connectivity index (χ2n) is 7.31. The van der Waals surface area contributed by atoms with Crippen molar-refractivity contribution in [3.63, 3.8) is 0 Å². The van der Waals surface area contributed by atoms with Gasteiger partial charge in [0, 0.05) is 19.6 Å². The van der Waals surface area contributed by atoms with Crippen LogP contribution in [0.3, 0.4) is 0 Å². The highest BCUT2D eigenvalue weighted by Gasteiger charge is 2.29. The molecule has 0 spiro atoms. The van der Waals surface area contributed by atoms with Gasteiger partial charge in [0.25, 0.3) is 0 Å². The first-order valence-corrected chi connectivity index (χ1v) is 8.84. The number of halogens is 1. The minimum absolute atomic E-state index is 0.251. The van der Waals surface area contributed by atoms with Crippen molar-refractivity contribution in [3.05, 3.63) is 29.4 Å². The van der Waals surface area contributed by atoms with Gasteiger partial charge in [0.05, 0.1) is 11.0 Å². The van der Waals surface area contributed by atoms with E-state index in [1.165, 1.54) is 0 Å². The van der Waals surface area contributed by atoms with Gasteiger partial charge >= 0.3 is 6.09 Å². The number of hydrogen-bond acceptors (Lipinski definition) is 5. The number of para-hydroxylation sites is 2. The average Bonchev–Trinajstić information content (AvgIpc) is 3.00. The Morgan fingerprint density at radius 3 is 2.68 bits per heavy atom. The van der Waals surface area contributed by atoms with Crippen LogP contribution in [0.25, 0.3) is 11.0 Å². The molecule has 1 aliphatic rings. The van der Waals surface area contributed by atoms with E-state index in [9.17, 15) is 4.79 Å². The Morgan fingerprint density at radius 2 is 2.00 bits per heavy atom. The van der Waals surface area contributed by atoms with E-state index in [1.807, 2.05) is 45.0 Å². The first kappa shape index (κ1) is 17.7. The molecule has 6 nitrogen and oxygen atoms in total. The monoisotopic (exact) mass is 362 g/mol. The van der Waals surface area contributed by atoms with E-state index in [-0.39, 0.29) is 6.09 Å². The van der Waals surface area contributed by atoms with Crippen LogP contribution in [-0.4, -0.2) is 46.2 Å². The molecule has 0 aliphatic carbocycles. The molecule has 1 saturated heterocycles. The molecule has 1 aliphatic heterocycles. The summed E-state index contributed by atoms with van der Waals surface area (Å²) in [6, 6.07) is 7.62. The summed E-state index contributed by atoms with van der Waals surface area (Å²) in [4.78, 5) is 22.8. The summed E-state index contributed by atoms with van der Waals surface area (Å²) in [5, 5.41) is 3.63. The number of carbonyl (C=O) groups excluding carboxylic acids is 1. The number of nitrogens with one attached hydrogen (secondary N) is 1. The molecule has 0 bridgehead atoms. The van der Waals surface area contributed by atoms with E-state index < -0.39 is 5.60 Å². The number of anilines is 1. The fraction of sp³-hybridized carbons (Fsp3) is 0.500. The summed E-state index contributed by atoms with van der Waals surface area (Å²) < 4.78 is 5.42. The number of amides is 1. The number of fused-ring (bicyclic) bond motifs is 1. The van der Waals surface area contributed by atoms with Crippen LogP contribution in [0.5, 0.6) is 0 Å². The van der Waals surface area contributed by atoms with Gasteiger partial charge in [-0.15, -0.1) is 0 Å². The lowest BCUT2D eigenvalue weighted by Gasteiger charge is -2.24. The number of rotatable bonds is 3. The Bertz CT molecular complexity index is 775. The fourth-order valence-electron chi connectivity index (χ4n) is 2.82. The highest BCUT2D eigenvalue weighted by atomic mass is 35.5. The van der Waals surface area contributed by atoms with Crippen molar-refractivity contribution in [1.82, 2.24) is 14.9 Å². The van der Waals surface area contributed by atoms with Gasteiger partial charge < -0.3 is 15.0 Å². The standard InChI is InChI=1S/C18H23ClN4O2/c1-18(2,3)25-17(24)23-9-8-12(11-23)10-20-16-15(19)21-13-6-4-5-7-14(13)22-16/h4-7,12H,8-11H2,1-3H3,(H,20,22)/t12-/m0/s1. The number of aromatic nitrogens is 2. The van der Waals surface area contributed by atoms with Crippen LogP contribution >= 0.6 is 11.6 Å². The van der Waals surface area contributed by atoms with Crippen LogP contribution in [0.2, 0.25) is 5.15 Å². The molecule has 1 atom stereocenters. The zero-order valence-electron chi connectivity index (χ0n) is 14.8. The van der Waals surface area contributed by atoms with E-state index in [0.29, 0.717) is 36.5 Å². The SMILES string of the molecule is CC(C)(C)OC(=O)N1CC[C@@H](CNc2nc3ccccc3nc2Cl)C1. The molecule has 1 amide bonds. The predicted molar refractivity (Wildman–Crippen MR) is 99.0 cm³/mol. The summed E-state index contributed by atoms with van der Waals surface area (Å²) in [5.74, 6) is 0.910. The van der Waals surface area contributed by atoms with Crippen LogP contribution in [-0.2, 0) is 4.74 Å². The first-order valence-electron chi connectivity index (χ1n) is 8.46. The molecule has 2 aromatic rings. The summed E-state index contributed by atoms with van der Waals surface area (Å²) in [6.45, 7) is 7.69. The van der Waals surface area contributed by atoms with Crippen molar-refractivity contribution in [2.75, 3.05) is 25.0 Å². The van der Waals surface area contributed by atoms with Gasteiger partial charge in [-0.1, -0.05) is 23.7 Å². The lowest BCUT2D eigenvalue weighted by atomic mass is 10.1. The number of ether oxygens (including phenoxy) is 1. The van der Waals surface area contributed by atoms with Crippen molar-refractivity contribution in [3.8, 4) is 0 Å². The van der Waals surface area contributed by atoms with E-state index in [1.54, 1.807) is 4.90 Å². The van der Waals surface area contributed by atoms with Crippen molar-refractivity contribution in [2.45, 2.75) is 32.8 Å². The van der Waals surface area contributed by atoms with Crippen LogP contribution in [0.4, 0.5) is 10.6 Å². The Morgan fingerprint density at radius 1 is 1.32 bits per heavy atom. The third-order valence-corrected chi connectivity index (χ3v) is 4.29. The summed E-state index contributed by atoms with van der Waals surface area (Å²) in [7, 11) is 0. The van der Waals surface area contributed by atoms with Gasteiger partial charge in [-0.3, -0.25) is 0 Å². The third-order valence-electron chi connectivity index (χ3n) is 4.02. The normalized spacial score (nSPS) is 17.8. The molecule has 1 aromatic heterocycles. The Balaban J connectivity index is 1.58. The second-order valence-corrected chi connectivity index (χ2v) is 7.67. The first-order chi connectivity index (χ1) is 11.8. The molecule has 0 saturated carbocycles. The maximum Gasteiger partial charge on any atom is 0.410 e. The zero-order chi connectivity index (χ0) is 18.0. The lowest BCUT2D eigenvalue weighted by Crippen LogP contribution is -2.35. The fourth-order valence-corrected chi connectivity index (χ4v) is 3.02. The lowest BCUT2D eigenvalue weighted by molar-refractivity contribution is 0.0289. The van der Waals surface area contributed by atoms with Crippen LogP contribution < -0.4 is 5.32 Å². The molecule has 1 fully saturated rings. The van der Waals surface area contributed by atoms with Crippen molar-refractivity contribution in [1.29, 1.82) is 0 Å². The van der Waals surface area contributed by atoms with Gasteiger partial charge in [-0.25, -0.2) is 14.8 Å². The number of likely N-dealkylation sites (tertiary alicyclic amines) is 1. The Kier molecular flexibility index (Phi) is 4.99. The molecule has 2 heterocycles. The third kappa shape index (κ3) is 4.51. The average molecular weight is 363 g/mol. The van der Waals surface area contributed by atoms with Gasteiger partial charge in [0.1, 0.15) is 5.60 Å². The Labute approximate surface area is 152 Å². The molecule has 7 heteroatoms. The molecule has 1 N–H and O–H groups in total. The molecular weight excluding hydrogens is 340 g/mol. The van der Waals surface area contributed by atoms with Crippen molar-refractivity contribution < 1.29 is 9.53 Å². The molecular formula is C18H23ClN4O2. The van der Waals surface area contributed by atoms with Gasteiger partial charge in [0.15, 0.2) is 11.0 Å². The number of benzene rings is 1. The minimum atomic E-state index is -0.471. The van der Waals surface area contributed by atoms with E-state index in [0.717, 1.165) is 17.5 Å². The van der Waals surface area contributed by atoms with E-state index in [2.05, 4.69) is 15.3 Å². The molecule has 25 heavy (non-hydrogen) atoms. The molecule has 0 unspecified atom stereocenters. The van der Waals surface area contributed by atoms with Crippen LogP contribution in [0.1, 0.15) is 27.2 Å². The second kappa shape index (κ2) is 7.04. The van der Waals surface area contributed by atoms with Gasteiger partial charge in [-0.2, -0.15) is 0 Å². The topological polar surface area (TPSA) is 67.3 Å². The van der Waals surface area contributed by atoms with Crippen molar-refractivity contribution in [2.24, 2.45) is 5.92 Å². The van der Waals surface area contributed by atoms with Crippen LogP contribution in [0.15, 0.2) is 24.3 Å². The minimum Gasteiger partial charge on any atom is -0.444 e. The summed E-state index contributed by atoms with van der Waals surface area (Å²) in [6.07, 6.45) is 0.670. The van der Waals surface area contributed by atoms with Gasteiger partial charge in [-0.05, 0) is 45.2 Å². The largest absolute Gasteiger partial charge is 0.444 e. The predicted octanol–water partition coefficient (Wildman–Crippen LogP) is 3.95. The van der Waals surface area contributed by atoms with Gasteiger partial charge in [0.2, 0.25) is 0 Å². The smallest absolute Gasteiger partial charge is 0.410 e. The highest BCUT2D eigenvalue weighted by molar-refractivity contribution is 6.32. The number of hydrogen-bond donors (Lipinski definition) is 1.